The molecule has 0 atom stereocenters. The molecule has 0 N–H and O–H groups in total. The molecule has 13 rings (SSSR count). The second-order valence-corrected chi connectivity index (χ2v) is 22.1. The maximum atomic E-state index is 3.68. The third-order valence-electron chi connectivity index (χ3n) is 16.6. The lowest BCUT2D eigenvalue weighted by Crippen LogP contribution is -2.31. The van der Waals surface area contributed by atoms with Crippen LogP contribution in [0.25, 0.3) is 49.7 Å². The summed E-state index contributed by atoms with van der Waals surface area (Å²) in [5.74, 6) is 7.22. The molecule has 0 bridgehead atoms. The summed E-state index contributed by atoms with van der Waals surface area (Å²) in [4.78, 5) is 2.66. The molecule has 0 fully saturated rings. The highest BCUT2D eigenvalue weighted by Gasteiger charge is 2.48. The molecule has 0 radical (unpaired) electrons. The van der Waals surface area contributed by atoms with E-state index >= 15 is 0 Å². The van der Waals surface area contributed by atoms with Crippen LogP contribution >= 0.6 is 0 Å². The summed E-state index contributed by atoms with van der Waals surface area (Å²) in [5, 5.41) is 2.45. The van der Waals surface area contributed by atoms with Crippen molar-refractivity contribution in [3.05, 3.63) is 292 Å². The summed E-state index contributed by atoms with van der Waals surface area (Å²) >= 11 is 0. The lowest BCUT2D eigenvalue weighted by Gasteiger charge is -2.38. The van der Waals surface area contributed by atoms with E-state index < -0.39 is 5.41 Å². The lowest BCUT2D eigenvalue weighted by atomic mass is 9.65. The Balaban J connectivity index is 1.12. The highest BCUT2D eigenvalue weighted by atomic mass is 15.2. The number of allylic oxidation sites excluding steroid dienone is 8. The summed E-state index contributed by atoms with van der Waals surface area (Å²) < 4.78 is 0. The van der Waals surface area contributed by atoms with E-state index in [-0.39, 0.29) is 10.8 Å². The van der Waals surface area contributed by atoms with Gasteiger partial charge in [-0.2, -0.15) is 0 Å². The Bertz CT molecular complexity index is 3860. The van der Waals surface area contributed by atoms with Crippen LogP contribution in [0.15, 0.2) is 247 Å². The third kappa shape index (κ3) is 7.15. The van der Waals surface area contributed by atoms with Crippen LogP contribution in [-0.2, 0) is 16.2 Å². The molecule has 0 amide bonds. The second-order valence-electron chi connectivity index (χ2n) is 22.1. The van der Waals surface area contributed by atoms with Crippen LogP contribution in [0.4, 0.5) is 11.4 Å². The Morgan fingerprint density at radius 3 is 1.84 bits per heavy atom. The van der Waals surface area contributed by atoms with Crippen LogP contribution in [0.2, 0.25) is 0 Å². The van der Waals surface area contributed by atoms with Gasteiger partial charge in [-0.15, -0.1) is 0 Å². The van der Waals surface area contributed by atoms with Crippen molar-refractivity contribution < 1.29 is 0 Å². The summed E-state index contributed by atoms with van der Waals surface area (Å²) in [6.07, 6.45) is 7.12. The van der Waals surface area contributed by atoms with Gasteiger partial charge in [0.15, 0.2) is 0 Å². The summed E-state index contributed by atoms with van der Waals surface area (Å²) in [6, 6.07) is 82.0. The summed E-state index contributed by atoms with van der Waals surface area (Å²) in [6.45, 7) is 11.6. The molecule has 9 aromatic carbocycles. The van der Waals surface area contributed by atoms with Crippen molar-refractivity contribution in [3.8, 4) is 34.1 Å². The summed E-state index contributed by atoms with van der Waals surface area (Å²) in [7, 11) is 0. The zero-order valence-electron chi connectivity index (χ0n) is 43.0. The van der Waals surface area contributed by atoms with Crippen molar-refractivity contribution in [1.82, 2.24) is 0 Å². The molecule has 356 valence electrons. The molecule has 0 spiro atoms. The van der Waals surface area contributed by atoms with E-state index in [9.17, 15) is 0 Å². The van der Waals surface area contributed by atoms with Gasteiger partial charge in [0, 0.05) is 28.7 Å². The average molecular weight is 950 g/mol. The smallest absolute Gasteiger partial charge is 0.0676 e. The predicted octanol–water partition coefficient (Wildman–Crippen LogP) is 18.6. The van der Waals surface area contributed by atoms with Crippen LogP contribution in [0.1, 0.15) is 98.4 Å². The first kappa shape index (κ1) is 45.4. The zero-order valence-corrected chi connectivity index (χ0v) is 43.0. The van der Waals surface area contributed by atoms with Crippen LogP contribution in [-0.4, -0.2) is 0 Å². The minimum atomic E-state index is -0.439. The van der Waals surface area contributed by atoms with Gasteiger partial charge in [0.2, 0.25) is 0 Å². The number of nitrogens with zero attached hydrogens (tertiary/aromatic N) is 1. The molecule has 74 heavy (non-hydrogen) atoms. The van der Waals surface area contributed by atoms with E-state index in [0.717, 1.165) is 24.2 Å². The Morgan fingerprint density at radius 2 is 1.12 bits per heavy atom. The Kier molecular flexibility index (Phi) is 10.8. The summed E-state index contributed by atoms with van der Waals surface area (Å²) in [5.41, 5.74) is 24.9. The number of rotatable bonds is 8. The molecule has 0 unspecified atom stereocenters. The van der Waals surface area contributed by atoms with Crippen LogP contribution < -0.4 is 4.90 Å². The van der Waals surface area contributed by atoms with Gasteiger partial charge >= 0.3 is 0 Å². The highest BCUT2D eigenvalue weighted by molar-refractivity contribution is 6.13. The third-order valence-corrected chi connectivity index (χ3v) is 16.6. The van der Waals surface area contributed by atoms with Gasteiger partial charge in [-0.05, 0) is 143 Å². The van der Waals surface area contributed by atoms with Gasteiger partial charge in [0.1, 0.15) is 0 Å². The molecular formula is C73H59N. The SMILES string of the molecule is CC(C)(C)c1ccc(-c2ccc(N(C3=CC4=C(CC3)C(c3ccccc3)(c3ccccc3)c3ccccc34)c3ccc4ccccc4c3C3=C4C(=CC#CC3)C(C)(C)c3ccccc34)c(-c3ccccc3)c2)cc1. The first-order valence-electron chi connectivity index (χ1n) is 26.4. The molecule has 4 aliphatic rings. The van der Waals surface area contributed by atoms with Crippen LogP contribution in [0.3, 0.4) is 0 Å². The van der Waals surface area contributed by atoms with E-state index in [1.165, 1.54) is 111 Å². The maximum absolute atomic E-state index is 3.68. The highest BCUT2D eigenvalue weighted by Crippen LogP contribution is 2.60. The van der Waals surface area contributed by atoms with E-state index in [0.29, 0.717) is 6.42 Å². The minimum Gasteiger partial charge on any atom is -0.313 e. The van der Waals surface area contributed by atoms with E-state index in [4.69, 9.17) is 0 Å². The van der Waals surface area contributed by atoms with E-state index in [1.807, 2.05) is 0 Å². The Labute approximate surface area is 437 Å². The molecule has 0 aromatic heterocycles. The number of hydrogen-bond acceptors (Lipinski definition) is 1. The molecule has 4 aliphatic carbocycles. The number of fused-ring (bicyclic) bond motifs is 6. The van der Waals surface area contributed by atoms with Crippen molar-refractivity contribution in [2.75, 3.05) is 4.90 Å². The van der Waals surface area contributed by atoms with Crippen molar-refractivity contribution in [2.45, 2.75) is 70.1 Å². The maximum Gasteiger partial charge on any atom is 0.0676 e. The molecule has 0 heterocycles. The van der Waals surface area contributed by atoms with Gasteiger partial charge in [-0.3, -0.25) is 0 Å². The Hall–Kier alpha value is -8.44. The average Bonchev–Trinajstić information content (AvgIpc) is 3.78. The fourth-order valence-corrected chi connectivity index (χ4v) is 13.0. The zero-order chi connectivity index (χ0) is 50.2. The molecule has 1 heteroatoms. The van der Waals surface area contributed by atoms with Crippen molar-refractivity contribution >= 4 is 38.9 Å². The van der Waals surface area contributed by atoms with Gasteiger partial charge in [-0.25, -0.2) is 0 Å². The van der Waals surface area contributed by atoms with Crippen LogP contribution in [0, 0.1) is 11.8 Å². The Morgan fingerprint density at radius 1 is 0.514 bits per heavy atom. The van der Waals surface area contributed by atoms with Crippen molar-refractivity contribution in [3.63, 3.8) is 0 Å². The van der Waals surface area contributed by atoms with Crippen LogP contribution in [0.5, 0.6) is 0 Å². The largest absolute Gasteiger partial charge is 0.313 e. The monoisotopic (exact) mass is 949 g/mol. The fourth-order valence-electron chi connectivity index (χ4n) is 13.0. The van der Waals surface area contributed by atoms with Gasteiger partial charge in [0.05, 0.1) is 16.8 Å². The number of benzene rings is 9. The lowest BCUT2D eigenvalue weighted by molar-refractivity contribution is 0.590. The quantitative estimate of drug-likeness (QED) is 0.137. The van der Waals surface area contributed by atoms with Gasteiger partial charge in [0.25, 0.3) is 0 Å². The first-order chi connectivity index (χ1) is 36.1. The molecule has 1 nitrogen and oxygen atoms in total. The fraction of sp³-hybridized carbons (Fsp3) is 0.151. The minimum absolute atomic E-state index is 0.0620. The molecule has 0 saturated carbocycles. The topological polar surface area (TPSA) is 3.24 Å². The molecular weight excluding hydrogens is 891 g/mol. The van der Waals surface area contributed by atoms with E-state index in [1.54, 1.807) is 0 Å². The standard InChI is InChI=1S/C73H59N/c1-71(2,3)53-41-37-49(38-42-53)52-40-45-67(61(47-52)50-23-9-6-10-24-50)74(56-43-44-65-62(48-56)58-31-17-21-35-64(58)73(65,54-26-11-7-12-27-54)55-28-13-8-14-29-55)68-46-39-51-25-15-16-30-57(51)70(68)60-33-19-22-36-66-69(60)59-32-18-20-34-63(59)72(66,4)5/h6-18,20-21,23-32,34-42,45-48H,33,43-44H2,1-5H3. The normalized spacial score (nSPS) is 16.0. The van der Waals surface area contributed by atoms with Crippen molar-refractivity contribution in [1.29, 1.82) is 0 Å². The number of hydrogen-bond donors (Lipinski definition) is 0. The van der Waals surface area contributed by atoms with E-state index in [2.05, 4.69) is 282 Å². The molecule has 0 saturated heterocycles. The first-order valence-corrected chi connectivity index (χ1v) is 26.4. The molecule has 0 aliphatic heterocycles. The van der Waals surface area contributed by atoms with Gasteiger partial charge in [-0.1, -0.05) is 247 Å². The second kappa shape index (κ2) is 17.7. The predicted molar refractivity (Wildman–Crippen MR) is 312 cm³/mol. The van der Waals surface area contributed by atoms with Gasteiger partial charge < -0.3 is 4.90 Å². The number of anilines is 2. The van der Waals surface area contributed by atoms with Crippen molar-refractivity contribution in [2.24, 2.45) is 0 Å². The molecule has 9 aromatic rings.